The first-order valence-electron chi connectivity index (χ1n) is 8.92. The van der Waals surface area contributed by atoms with E-state index < -0.39 is 0 Å². The van der Waals surface area contributed by atoms with Gasteiger partial charge in [0.15, 0.2) is 23.0 Å². The standard InChI is InChI=1S/C19H16N6O4/c1-2-26-13-6-4-3-5-12(13)25-17(20)16(22-24-25)19-21-18(23-29-19)11-7-8-14-15(9-11)28-10-27-14/h3-9H,2,10,20H2,1H3. The van der Waals surface area contributed by atoms with Crippen LogP contribution in [0.1, 0.15) is 6.92 Å². The Bertz CT molecular complexity index is 1190. The second-order valence-corrected chi connectivity index (χ2v) is 6.13. The molecule has 0 radical (unpaired) electrons. The fourth-order valence-corrected chi connectivity index (χ4v) is 3.00. The van der Waals surface area contributed by atoms with Crippen LogP contribution in [0.15, 0.2) is 47.0 Å². The third-order valence-electron chi connectivity index (χ3n) is 4.36. The number of benzene rings is 2. The highest BCUT2D eigenvalue weighted by atomic mass is 16.7. The van der Waals surface area contributed by atoms with Gasteiger partial charge in [-0.05, 0) is 37.3 Å². The molecule has 4 aromatic rings. The topological polar surface area (TPSA) is 123 Å². The van der Waals surface area contributed by atoms with Gasteiger partial charge in [-0.2, -0.15) is 9.67 Å². The first-order chi connectivity index (χ1) is 14.2. The third-order valence-corrected chi connectivity index (χ3v) is 4.36. The molecule has 3 heterocycles. The summed E-state index contributed by atoms with van der Waals surface area (Å²) in [6.07, 6.45) is 0. The summed E-state index contributed by atoms with van der Waals surface area (Å²) in [6, 6.07) is 12.8. The number of para-hydroxylation sites is 2. The molecule has 0 saturated carbocycles. The fourth-order valence-electron chi connectivity index (χ4n) is 3.00. The molecule has 1 aliphatic rings. The molecule has 0 amide bonds. The monoisotopic (exact) mass is 392 g/mol. The zero-order valence-electron chi connectivity index (χ0n) is 15.4. The predicted molar refractivity (Wildman–Crippen MR) is 102 cm³/mol. The molecule has 0 spiro atoms. The van der Waals surface area contributed by atoms with Crippen LogP contribution < -0.4 is 19.9 Å². The summed E-state index contributed by atoms with van der Waals surface area (Å²) in [7, 11) is 0. The molecule has 0 bridgehead atoms. The average Bonchev–Trinajstić information content (AvgIpc) is 3.47. The Balaban J connectivity index is 1.49. The molecule has 0 unspecified atom stereocenters. The Morgan fingerprint density at radius 1 is 1.14 bits per heavy atom. The molecule has 5 rings (SSSR count). The second kappa shape index (κ2) is 6.82. The van der Waals surface area contributed by atoms with Gasteiger partial charge in [0.05, 0.1) is 6.61 Å². The highest BCUT2D eigenvalue weighted by molar-refractivity contribution is 5.68. The van der Waals surface area contributed by atoms with Crippen LogP contribution in [0.2, 0.25) is 0 Å². The van der Waals surface area contributed by atoms with Crippen LogP contribution in [0, 0.1) is 0 Å². The Morgan fingerprint density at radius 3 is 2.90 bits per heavy atom. The molecular formula is C19H16N6O4. The van der Waals surface area contributed by atoms with E-state index in [1.54, 1.807) is 12.1 Å². The minimum absolute atomic E-state index is 0.162. The quantitative estimate of drug-likeness (QED) is 0.546. The van der Waals surface area contributed by atoms with Gasteiger partial charge in [-0.25, -0.2) is 0 Å². The van der Waals surface area contributed by atoms with Crippen LogP contribution in [0.5, 0.6) is 17.2 Å². The largest absolute Gasteiger partial charge is 0.492 e. The number of hydrogen-bond acceptors (Lipinski definition) is 9. The van der Waals surface area contributed by atoms with Gasteiger partial charge < -0.3 is 24.5 Å². The average molecular weight is 392 g/mol. The van der Waals surface area contributed by atoms with E-state index in [1.807, 2.05) is 37.3 Å². The highest BCUT2D eigenvalue weighted by Crippen LogP contribution is 2.36. The number of fused-ring (bicyclic) bond motifs is 1. The number of hydrogen-bond donors (Lipinski definition) is 1. The third kappa shape index (κ3) is 2.90. The maximum atomic E-state index is 6.27. The van der Waals surface area contributed by atoms with Crippen LogP contribution in [0.3, 0.4) is 0 Å². The first kappa shape index (κ1) is 17.0. The molecule has 1 aliphatic heterocycles. The fraction of sp³-hybridized carbons (Fsp3) is 0.158. The van der Waals surface area contributed by atoms with Crippen LogP contribution in [0.25, 0.3) is 28.7 Å². The number of nitrogen functional groups attached to an aromatic ring is 1. The van der Waals surface area contributed by atoms with Crippen molar-refractivity contribution in [3.63, 3.8) is 0 Å². The molecule has 29 heavy (non-hydrogen) atoms. The van der Waals surface area contributed by atoms with E-state index in [0.29, 0.717) is 35.4 Å². The van der Waals surface area contributed by atoms with Crippen LogP contribution in [0.4, 0.5) is 5.82 Å². The van der Waals surface area contributed by atoms with Gasteiger partial charge in [-0.3, -0.25) is 0 Å². The Kier molecular flexibility index (Phi) is 4.01. The minimum Gasteiger partial charge on any atom is -0.492 e. The van der Waals surface area contributed by atoms with Gasteiger partial charge >= 0.3 is 0 Å². The zero-order chi connectivity index (χ0) is 19.8. The Hall–Kier alpha value is -4.08. The molecule has 0 atom stereocenters. The van der Waals surface area contributed by atoms with Crippen molar-refractivity contribution in [1.29, 1.82) is 0 Å². The van der Waals surface area contributed by atoms with Gasteiger partial charge in [0, 0.05) is 5.56 Å². The lowest BCUT2D eigenvalue weighted by Crippen LogP contribution is -2.05. The van der Waals surface area contributed by atoms with Gasteiger partial charge in [0.2, 0.25) is 12.6 Å². The number of nitrogens with two attached hydrogens (primary N) is 1. The van der Waals surface area contributed by atoms with Crippen molar-refractivity contribution >= 4 is 5.82 Å². The van der Waals surface area contributed by atoms with Gasteiger partial charge in [-0.15, -0.1) is 5.10 Å². The number of nitrogens with zero attached hydrogens (tertiary/aromatic N) is 5. The summed E-state index contributed by atoms with van der Waals surface area (Å²) in [5.74, 6) is 2.75. The molecule has 0 fully saturated rings. The number of anilines is 1. The summed E-state index contributed by atoms with van der Waals surface area (Å²) in [5.41, 5.74) is 7.95. The van der Waals surface area contributed by atoms with E-state index >= 15 is 0 Å². The van der Waals surface area contributed by atoms with E-state index in [-0.39, 0.29) is 24.2 Å². The van der Waals surface area contributed by atoms with E-state index in [0.717, 1.165) is 5.56 Å². The van der Waals surface area contributed by atoms with Gasteiger partial charge in [0.25, 0.3) is 5.89 Å². The van der Waals surface area contributed by atoms with Crippen molar-refractivity contribution in [2.24, 2.45) is 0 Å². The summed E-state index contributed by atoms with van der Waals surface area (Å²) >= 11 is 0. The lowest BCUT2D eigenvalue weighted by molar-refractivity contribution is 0.174. The van der Waals surface area contributed by atoms with E-state index in [1.165, 1.54) is 4.68 Å². The van der Waals surface area contributed by atoms with Crippen LogP contribution in [-0.2, 0) is 0 Å². The van der Waals surface area contributed by atoms with Crippen molar-refractivity contribution in [3.8, 4) is 45.9 Å². The van der Waals surface area contributed by atoms with Crippen LogP contribution >= 0.6 is 0 Å². The maximum absolute atomic E-state index is 6.27. The highest BCUT2D eigenvalue weighted by Gasteiger charge is 2.22. The van der Waals surface area contributed by atoms with E-state index in [2.05, 4.69) is 20.5 Å². The lowest BCUT2D eigenvalue weighted by Gasteiger charge is -2.10. The van der Waals surface area contributed by atoms with E-state index in [4.69, 9.17) is 24.5 Å². The first-order valence-corrected chi connectivity index (χ1v) is 8.92. The number of ether oxygens (including phenoxy) is 3. The Labute approximate surface area is 164 Å². The zero-order valence-corrected chi connectivity index (χ0v) is 15.4. The summed E-state index contributed by atoms with van der Waals surface area (Å²) in [6.45, 7) is 2.61. The normalized spacial score (nSPS) is 12.3. The molecule has 10 heteroatoms. The van der Waals surface area contributed by atoms with Crippen molar-refractivity contribution in [3.05, 3.63) is 42.5 Å². The van der Waals surface area contributed by atoms with Gasteiger partial charge in [0.1, 0.15) is 11.4 Å². The summed E-state index contributed by atoms with van der Waals surface area (Å²) in [4.78, 5) is 4.40. The smallest absolute Gasteiger partial charge is 0.282 e. The van der Waals surface area contributed by atoms with Gasteiger partial charge in [-0.1, -0.05) is 22.5 Å². The summed E-state index contributed by atoms with van der Waals surface area (Å²) in [5, 5.41) is 12.3. The van der Waals surface area contributed by atoms with Crippen molar-refractivity contribution in [2.75, 3.05) is 19.1 Å². The van der Waals surface area contributed by atoms with Crippen molar-refractivity contribution < 1.29 is 18.7 Å². The second-order valence-electron chi connectivity index (χ2n) is 6.13. The summed E-state index contributed by atoms with van der Waals surface area (Å²) < 4.78 is 23.2. The maximum Gasteiger partial charge on any atom is 0.282 e. The molecule has 10 nitrogen and oxygen atoms in total. The number of rotatable bonds is 5. The lowest BCUT2D eigenvalue weighted by atomic mass is 10.2. The molecular weight excluding hydrogens is 376 g/mol. The molecule has 2 aromatic heterocycles. The molecule has 146 valence electrons. The molecule has 0 saturated heterocycles. The van der Waals surface area contributed by atoms with Crippen LogP contribution in [-0.4, -0.2) is 38.5 Å². The van der Waals surface area contributed by atoms with E-state index in [9.17, 15) is 0 Å². The molecule has 0 aliphatic carbocycles. The predicted octanol–water partition coefficient (Wildman–Crippen LogP) is 2.69. The molecule has 2 aromatic carbocycles. The SMILES string of the molecule is CCOc1ccccc1-n1nnc(-c2nc(-c3ccc4c(c3)OCO4)no2)c1N. The molecule has 2 N–H and O–H groups in total. The van der Waals surface area contributed by atoms with Crippen molar-refractivity contribution in [1.82, 2.24) is 25.1 Å². The van der Waals surface area contributed by atoms with Crippen molar-refractivity contribution in [2.45, 2.75) is 6.92 Å². The minimum atomic E-state index is 0.162. The number of aromatic nitrogens is 5. The Morgan fingerprint density at radius 2 is 2.00 bits per heavy atom.